The summed E-state index contributed by atoms with van der Waals surface area (Å²) in [7, 11) is 0. The fourth-order valence-corrected chi connectivity index (χ4v) is 4.27. The first-order valence-electron chi connectivity index (χ1n) is 10.1. The van der Waals surface area contributed by atoms with E-state index in [0.29, 0.717) is 42.1 Å². The van der Waals surface area contributed by atoms with Crippen LogP contribution in [0, 0.1) is 11.3 Å². The lowest BCUT2D eigenvalue weighted by molar-refractivity contribution is 0.343. The van der Waals surface area contributed by atoms with Crippen molar-refractivity contribution in [2.75, 3.05) is 31.1 Å². The zero-order valence-electron chi connectivity index (χ0n) is 16.1. The largest absolute Gasteiger partial charge is 0.354 e. The minimum absolute atomic E-state index is 0.354. The molecule has 0 amide bonds. The van der Waals surface area contributed by atoms with Gasteiger partial charge in [0.05, 0.1) is 29.9 Å². The van der Waals surface area contributed by atoms with E-state index in [1.165, 1.54) is 0 Å². The molecule has 0 bridgehead atoms. The molecule has 0 radical (unpaired) electrons. The van der Waals surface area contributed by atoms with Gasteiger partial charge in [0, 0.05) is 30.1 Å². The standard InChI is InChI=1S/C21H22FN7/c22-16-5-8-28(13-16)19-2-1-18-21(27-19)20(14(9-23)10-25-18)15-11-26-29(12-15)17-3-6-24-7-4-17/h1-2,10-12,16-17,24H,3-8,13H2. The molecule has 0 spiro atoms. The van der Waals surface area contributed by atoms with Gasteiger partial charge >= 0.3 is 0 Å². The topological polar surface area (TPSA) is 82.7 Å². The Morgan fingerprint density at radius 1 is 1.17 bits per heavy atom. The highest BCUT2D eigenvalue weighted by Gasteiger charge is 2.24. The summed E-state index contributed by atoms with van der Waals surface area (Å²) in [6.07, 6.45) is 7.17. The SMILES string of the molecule is N#Cc1cnc2ccc(N3CCC(F)C3)nc2c1-c1cnn(C2CCNCC2)c1. The Balaban J connectivity index is 1.60. The lowest BCUT2D eigenvalue weighted by Gasteiger charge is -2.22. The molecular formula is C21H22FN7. The third-order valence-electron chi connectivity index (χ3n) is 5.85. The van der Waals surface area contributed by atoms with Crippen LogP contribution < -0.4 is 10.2 Å². The van der Waals surface area contributed by atoms with Crippen molar-refractivity contribution in [1.29, 1.82) is 5.26 Å². The van der Waals surface area contributed by atoms with Gasteiger partial charge in [-0.2, -0.15) is 10.4 Å². The second-order valence-electron chi connectivity index (χ2n) is 7.72. The molecule has 0 aliphatic carbocycles. The van der Waals surface area contributed by atoms with Crippen LogP contribution >= 0.6 is 0 Å². The molecule has 7 nitrogen and oxygen atoms in total. The normalized spacial score (nSPS) is 20.3. The van der Waals surface area contributed by atoms with Crippen molar-refractivity contribution < 1.29 is 4.39 Å². The van der Waals surface area contributed by atoms with Crippen molar-refractivity contribution in [3.05, 3.63) is 36.3 Å². The molecule has 0 saturated carbocycles. The van der Waals surface area contributed by atoms with Crippen LogP contribution in [0.15, 0.2) is 30.7 Å². The first kappa shape index (κ1) is 18.0. The van der Waals surface area contributed by atoms with Crippen LogP contribution in [0.4, 0.5) is 10.2 Å². The molecular weight excluding hydrogens is 369 g/mol. The third-order valence-corrected chi connectivity index (χ3v) is 5.85. The van der Waals surface area contributed by atoms with E-state index >= 15 is 0 Å². The van der Waals surface area contributed by atoms with Crippen LogP contribution in [0.3, 0.4) is 0 Å². The lowest BCUT2D eigenvalue weighted by atomic mass is 10.0. The fourth-order valence-electron chi connectivity index (χ4n) is 4.27. The molecule has 29 heavy (non-hydrogen) atoms. The maximum absolute atomic E-state index is 13.7. The van der Waals surface area contributed by atoms with Gasteiger partial charge in [-0.3, -0.25) is 9.67 Å². The van der Waals surface area contributed by atoms with Gasteiger partial charge in [0.2, 0.25) is 0 Å². The Morgan fingerprint density at radius 3 is 2.79 bits per heavy atom. The number of anilines is 1. The van der Waals surface area contributed by atoms with Gasteiger partial charge in [-0.1, -0.05) is 0 Å². The van der Waals surface area contributed by atoms with Gasteiger partial charge in [-0.05, 0) is 44.5 Å². The molecule has 3 aromatic rings. The Bertz CT molecular complexity index is 1080. The van der Waals surface area contributed by atoms with E-state index in [-0.39, 0.29) is 0 Å². The van der Waals surface area contributed by atoms with E-state index in [2.05, 4.69) is 21.5 Å². The van der Waals surface area contributed by atoms with E-state index in [1.54, 1.807) is 12.4 Å². The number of piperidine rings is 1. The zero-order chi connectivity index (χ0) is 19.8. The monoisotopic (exact) mass is 391 g/mol. The summed E-state index contributed by atoms with van der Waals surface area (Å²) < 4.78 is 15.7. The number of pyridine rings is 2. The number of alkyl halides is 1. The van der Waals surface area contributed by atoms with Crippen molar-refractivity contribution in [2.24, 2.45) is 0 Å². The van der Waals surface area contributed by atoms with Crippen molar-refractivity contribution in [2.45, 2.75) is 31.5 Å². The number of halogens is 1. The van der Waals surface area contributed by atoms with Gasteiger partial charge in [-0.15, -0.1) is 0 Å². The molecule has 2 aliphatic heterocycles. The number of rotatable bonds is 3. The van der Waals surface area contributed by atoms with Gasteiger partial charge < -0.3 is 10.2 Å². The molecule has 1 N–H and O–H groups in total. The fraction of sp³-hybridized carbons (Fsp3) is 0.429. The van der Waals surface area contributed by atoms with Crippen LogP contribution in [0.1, 0.15) is 30.9 Å². The average molecular weight is 391 g/mol. The smallest absolute Gasteiger partial charge is 0.129 e. The number of nitrogens with one attached hydrogen (secondary N) is 1. The summed E-state index contributed by atoms with van der Waals surface area (Å²) in [6.45, 7) is 2.97. The zero-order valence-corrected chi connectivity index (χ0v) is 16.1. The molecule has 2 fully saturated rings. The number of nitriles is 1. The maximum Gasteiger partial charge on any atom is 0.129 e. The molecule has 2 saturated heterocycles. The highest BCUT2D eigenvalue weighted by atomic mass is 19.1. The molecule has 1 atom stereocenters. The number of hydrogen-bond acceptors (Lipinski definition) is 6. The van der Waals surface area contributed by atoms with Gasteiger partial charge in [-0.25, -0.2) is 9.37 Å². The predicted molar refractivity (Wildman–Crippen MR) is 108 cm³/mol. The molecule has 2 aliphatic rings. The molecule has 148 valence electrons. The van der Waals surface area contributed by atoms with E-state index < -0.39 is 6.17 Å². The Labute approximate surface area is 168 Å². The summed E-state index contributed by atoms with van der Waals surface area (Å²) in [6, 6.07) is 6.38. The van der Waals surface area contributed by atoms with E-state index in [4.69, 9.17) is 4.98 Å². The molecule has 8 heteroatoms. The Morgan fingerprint density at radius 2 is 2.03 bits per heavy atom. The van der Waals surface area contributed by atoms with Crippen LogP contribution in [0.2, 0.25) is 0 Å². The lowest BCUT2D eigenvalue weighted by Crippen LogP contribution is -2.29. The molecule has 0 aromatic carbocycles. The summed E-state index contributed by atoms with van der Waals surface area (Å²) >= 11 is 0. The summed E-state index contributed by atoms with van der Waals surface area (Å²) in [5.41, 5.74) is 3.45. The van der Waals surface area contributed by atoms with Crippen LogP contribution in [0.25, 0.3) is 22.2 Å². The van der Waals surface area contributed by atoms with Gasteiger partial charge in [0.15, 0.2) is 0 Å². The highest BCUT2D eigenvalue weighted by molar-refractivity contribution is 5.94. The van der Waals surface area contributed by atoms with Crippen molar-refractivity contribution in [3.63, 3.8) is 0 Å². The number of hydrogen-bond donors (Lipinski definition) is 1. The quantitative estimate of drug-likeness (QED) is 0.739. The van der Waals surface area contributed by atoms with Crippen LogP contribution in [0.5, 0.6) is 0 Å². The number of fused-ring (bicyclic) bond motifs is 1. The molecule has 5 rings (SSSR count). The van der Waals surface area contributed by atoms with Crippen LogP contribution in [-0.2, 0) is 0 Å². The predicted octanol–water partition coefficient (Wildman–Crippen LogP) is 2.84. The summed E-state index contributed by atoms with van der Waals surface area (Å²) in [4.78, 5) is 11.2. The third kappa shape index (κ3) is 3.32. The molecule has 5 heterocycles. The van der Waals surface area contributed by atoms with E-state index in [1.807, 2.05) is 27.9 Å². The number of aromatic nitrogens is 4. The van der Waals surface area contributed by atoms with Crippen molar-refractivity contribution >= 4 is 16.9 Å². The minimum Gasteiger partial charge on any atom is -0.354 e. The first-order valence-corrected chi connectivity index (χ1v) is 10.1. The average Bonchev–Trinajstić information content (AvgIpc) is 3.42. The second-order valence-corrected chi connectivity index (χ2v) is 7.72. The molecule has 1 unspecified atom stereocenters. The van der Waals surface area contributed by atoms with E-state index in [9.17, 15) is 9.65 Å². The summed E-state index contributed by atoms with van der Waals surface area (Å²) in [5, 5.41) is 17.6. The minimum atomic E-state index is -0.821. The van der Waals surface area contributed by atoms with Crippen molar-refractivity contribution in [1.82, 2.24) is 25.1 Å². The number of nitrogens with zero attached hydrogens (tertiary/aromatic N) is 6. The van der Waals surface area contributed by atoms with Crippen molar-refractivity contribution in [3.8, 4) is 17.2 Å². The Hall–Kier alpha value is -3.05. The van der Waals surface area contributed by atoms with Crippen LogP contribution in [-0.4, -0.2) is 52.1 Å². The van der Waals surface area contributed by atoms with Gasteiger partial charge in [0.1, 0.15) is 23.6 Å². The summed E-state index contributed by atoms with van der Waals surface area (Å²) in [5.74, 6) is 0.724. The Kier molecular flexibility index (Phi) is 4.60. The second kappa shape index (κ2) is 7.41. The highest BCUT2D eigenvalue weighted by Crippen LogP contribution is 2.32. The van der Waals surface area contributed by atoms with Gasteiger partial charge in [0.25, 0.3) is 0 Å². The first-order chi connectivity index (χ1) is 14.2. The van der Waals surface area contributed by atoms with E-state index in [0.717, 1.165) is 42.9 Å². The molecule has 3 aromatic heterocycles. The maximum atomic E-state index is 13.7.